The van der Waals surface area contributed by atoms with Crippen LogP contribution in [0.5, 0.6) is 23.0 Å². The topological polar surface area (TPSA) is 79.2 Å². The molecular formula is C15H14O5. The monoisotopic (exact) mass is 274 g/mol. The summed E-state index contributed by atoms with van der Waals surface area (Å²) in [7, 11) is 1.47. The van der Waals surface area contributed by atoms with E-state index in [1.54, 1.807) is 18.2 Å². The molecule has 1 atom stereocenters. The number of phenols is 3. The van der Waals surface area contributed by atoms with Gasteiger partial charge in [0.25, 0.3) is 0 Å². The van der Waals surface area contributed by atoms with E-state index in [0.29, 0.717) is 17.9 Å². The highest BCUT2D eigenvalue weighted by Crippen LogP contribution is 2.44. The lowest BCUT2D eigenvalue weighted by Crippen LogP contribution is -1.99. The molecule has 0 spiro atoms. The molecule has 20 heavy (non-hydrogen) atoms. The number of benzene rings is 2. The fourth-order valence-electron chi connectivity index (χ4n) is 2.48. The predicted molar refractivity (Wildman–Crippen MR) is 71.1 cm³/mol. The van der Waals surface area contributed by atoms with Crippen molar-refractivity contribution in [1.82, 2.24) is 0 Å². The van der Waals surface area contributed by atoms with Crippen molar-refractivity contribution >= 4 is 0 Å². The maximum absolute atomic E-state index is 10.0. The molecule has 0 aromatic heterocycles. The molecule has 0 saturated heterocycles. The molecule has 0 saturated carbocycles. The molecule has 1 aliphatic rings. The van der Waals surface area contributed by atoms with Crippen LogP contribution < -0.4 is 4.74 Å². The number of phenolic OH excluding ortho intramolecular Hbond substituents is 3. The zero-order valence-electron chi connectivity index (χ0n) is 10.8. The van der Waals surface area contributed by atoms with Gasteiger partial charge in [-0.05, 0) is 29.3 Å². The standard InChI is InChI=1S/C15H14O5/c1-19-13-5-8(2-3-11(13)17)15-14-9(7-20-15)4-10(16)6-12(14)18/h2-6,15-18H,7H2,1H3. The van der Waals surface area contributed by atoms with E-state index in [2.05, 4.69) is 0 Å². The minimum absolute atomic E-state index is 0.00505. The highest BCUT2D eigenvalue weighted by atomic mass is 16.5. The third kappa shape index (κ3) is 1.92. The van der Waals surface area contributed by atoms with Crippen LogP contribution >= 0.6 is 0 Å². The van der Waals surface area contributed by atoms with E-state index in [1.165, 1.54) is 19.2 Å². The minimum Gasteiger partial charge on any atom is -0.508 e. The average Bonchev–Trinajstić information content (AvgIpc) is 2.83. The first-order valence-corrected chi connectivity index (χ1v) is 6.13. The molecule has 0 fully saturated rings. The third-order valence-electron chi connectivity index (χ3n) is 3.40. The Hall–Kier alpha value is -2.40. The van der Waals surface area contributed by atoms with Gasteiger partial charge in [0.1, 0.15) is 17.6 Å². The Morgan fingerprint density at radius 1 is 1.10 bits per heavy atom. The van der Waals surface area contributed by atoms with Crippen molar-refractivity contribution in [3.63, 3.8) is 0 Å². The van der Waals surface area contributed by atoms with Gasteiger partial charge in [-0.15, -0.1) is 0 Å². The van der Waals surface area contributed by atoms with E-state index in [9.17, 15) is 15.3 Å². The second-order valence-corrected chi connectivity index (χ2v) is 4.66. The summed E-state index contributed by atoms with van der Waals surface area (Å²) in [6, 6.07) is 7.77. The average molecular weight is 274 g/mol. The summed E-state index contributed by atoms with van der Waals surface area (Å²) < 4.78 is 10.8. The Kier molecular flexibility index (Phi) is 2.91. The summed E-state index contributed by atoms with van der Waals surface area (Å²) in [5.41, 5.74) is 2.15. The molecule has 5 nitrogen and oxygen atoms in total. The van der Waals surface area contributed by atoms with Gasteiger partial charge < -0.3 is 24.8 Å². The summed E-state index contributed by atoms with van der Waals surface area (Å²) in [4.78, 5) is 0. The summed E-state index contributed by atoms with van der Waals surface area (Å²) in [5, 5.41) is 29.1. The van der Waals surface area contributed by atoms with Gasteiger partial charge in [-0.2, -0.15) is 0 Å². The van der Waals surface area contributed by atoms with Gasteiger partial charge in [0.05, 0.1) is 13.7 Å². The maximum Gasteiger partial charge on any atom is 0.160 e. The van der Waals surface area contributed by atoms with Crippen molar-refractivity contribution in [3.8, 4) is 23.0 Å². The molecule has 0 amide bonds. The van der Waals surface area contributed by atoms with E-state index in [0.717, 1.165) is 11.1 Å². The summed E-state index contributed by atoms with van der Waals surface area (Å²) in [6.07, 6.45) is -0.444. The number of hydrogen-bond donors (Lipinski definition) is 3. The number of ether oxygens (including phenoxy) is 2. The molecule has 0 aliphatic carbocycles. The van der Waals surface area contributed by atoms with E-state index in [-0.39, 0.29) is 17.2 Å². The van der Waals surface area contributed by atoms with Crippen LogP contribution in [0.3, 0.4) is 0 Å². The smallest absolute Gasteiger partial charge is 0.160 e. The Labute approximate surface area is 115 Å². The molecule has 2 aromatic carbocycles. The zero-order valence-corrected chi connectivity index (χ0v) is 10.8. The van der Waals surface area contributed by atoms with Gasteiger partial charge in [0.15, 0.2) is 11.5 Å². The molecule has 3 N–H and O–H groups in total. The van der Waals surface area contributed by atoms with Gasteiger partial charge in [-0.3, -0.25) is 0 Å². The third-order valence-corrected chi connectivity index (χ3v) is 3.40. The van der Waals surface area contributed by atoms with Crippen LogP contribution in [0.15, 0.2) is 30.3 Å². The molecule has 1 heterocycles. The Bertz CT molecular complexity index is 666. The fourth-order valence-corrected chi connectivity index (χ4v) is 2.48. The van der Waals surface area contributed by atoms with E-state index < -0.39 is 6.10 Å². The van der Waals surface area contributed by atoms with Gasteiger partial charge >= 0.3 is 0 Å². The Morgan fingerprint density at radius 3 is 2.65 bits per heavy atom. The molecular weight excluding hydrogens is 260 g/mol. The molecule has 2 aromatic rings. The second-order valence-electron chi connectivity index (χ2n) is 4.66. The first-order valence-electron chi connectivity index (χ1n) is 6.13. The van der Waals surface area contributed by atoms with Crippen LogP contribution in [0, 0.1) is 0 Å². The Balaban J connectivity index is 2.07. The van der Waals surface area contributed by atoms with Crippen LogP contribution in [0.1, 0.15) is 22.8 Å². The molecule has 0 bridgehead atoms. The second kappa shape index (κ2) is 4.61. The first kappa shape index (κ1) is 12.6. The number of rotatable bonds is 2. The highest BCUT2D eigenvalue weighted by molar-refractivity contribution is 5.53. The van der Waals surface area contributed by atoms with Gasteiger partial charge in [0.2, 0.25) is 0 Å². The first-order chi connectivity index (χ1) is 9.60. The summed E-state index contributed by atoms with van der Waals surface area (Å²) in [5.74, 6) is 0.394. The summed E-state index contributed by atoms with van der Waals surface area (Å²) >= 11 is 0. The molecule has 1 unspecified atom stereocenters. The van der Waals surface area contributed by atoms with E-state index in [4.69, 9.17) is 9.47 Å². The normalized spacial score (nSPS) is 16.9. The largest absolute Gasteiger partial charge is 0.508 e. The van der Waals surface area contributed by atoms with E-state index in [1.807, 2.05) is 0 Å². The molecule has 104 valence electrons. The van der Waals surface area contributed by atoms with Crippen LogP contribution in [-0.4, -0.2) is 22.4 Å². The van der Waals surface area contributed by atoms with Gasteiger partial charge in [-0.25, -0.2) is 0 Å². The zero-order chi connectivity index (χ0) is 14.3. The lowest BCUT2D eigenvalue weighted by molar-refractivity contribution is 0.0927. The highest BCUT2D eigenvalue weighted by Gasteiger charge is 2.29. The predicted octanol–water partition coefficient (Wildman–Crippen LogP) is 2.43. The van der Waals surface area contributed by atoms with Crippen LogP contribution in [0.2, 0.25) is 0 Å². The van der Waals surface area contributed by atoms with Crippen molar-refractivity contribution in [2.24, 2.45) is 0 Å². The maximum atomic E-state index is 10.0. The quantitative estimate of drug-likeness (QED) is 0.783. The molecule has 1 aliphatic heterocycles. The fraction of sp³-hybridized carbons (Fsp3) is 0.200. The number of fused-ring (bicyclic) bond motifs is 1. The van der Waals surface area contributed by atoms with Crippen molar-refractivity contribution in [3.05, 3.63) is 47.0 Å². The van der Waals surface area contributed by atoms with Crippen LogP contribution in [0.4, 0.5) is 0 Å². The molecule has 0 radical (unpaired) electrons. The number of hydrogen-bond acceptors (Lipinski definition) is 5. The molecule has 3 rings (SSSR count). The van der Waals surface area contributed by atoms with Crippen molar-refractivity contribution < 1.29 is 24.8 Å². The van der Waals surface area contributed by atoms with Gasteiger partial charge in [-0.1, -0.05) is 6.07 Å². The van der Waals surface area contributed by atoms with Crippen molar-refractivity contribution in [2.45, 2.75) is 12.7 Å². The van der Waals surface area contributed by atoms with Crippen LogP contribution in [0.25, 0.3) is 0 Å². The lowest BCUT2D eigenvalue weighted by atomic mass is 9.98. The lowest BCUT2D eigenvalue weighted by Gasteiger charge is -2.14. The van der Waals surface area contributed by atoms with Crippen LogP contribution in [-0.2, 0) is 11.3 Å². The number of aromatic hydroxyl groups is 3. The minimum atomic E-state index is -0.444. The van der Waals surface area contributed by atoms with E-state index >= 15 is 0 Å². The van der Waals surface area contributed by atoms with Crippen molar-refractivity contribution in [2.75, 3.05) is 7.11 Å². The SMILES string of the molecule is COc1cc(C2OCc3cc(O)cc(O)c32)ccc1O. The van der Waals surface area contributed by atoms with Crippen molar-refractivity contribution in [1.29, 1.82) is 0 Å². The Morgan fingerprint density at radius 2 is 1.90 bits per heavy atom. The molecule has 5 heteroatoms. The number of methoxy groups -OCH3 is 1. The van der Waals surface area contributed by atoms with Gasteiger partial charge in [0, 0.05) is 11.6 Å². The summed E-state index contributed by atoms with van der Waals surface area (Å²) in [6.45, 7) is 0.311.